The maximum absolute atomic E-state index is 5.82. The van der Waals surface area contributed by atoms with Gasteiger partial charge in [-0.25, -0.2) is 0 Å². The molecule has 62 valence electrons. The van der Waals surface area contributed by atoms with Crippen molar-refractivity contribution in [3.63, 3.8) is 0 Å². The summed E-state index contributed by atoms with van der Waals surface area (Å²) in [4.78, 5) is 0. The number of fused-ring (bicyclic) bond motifs is 1. The fourth-order valence-corrected chi connectivity index (χ4v) is 1.59. The van der Waals surface area contributed by atoms with E-state index in [2.05, 4.69) is 6.07 Å². The molecule has 0 heterocycles. The van der Waals surface area contributed by atoms with Gasteiger partial charge in [-0.3, -0.25) is 0 Å². The molecule has 0 bridgehead atoms. The van der Waals surface area contributed by atoms with Crippen molar-refractivity contribution in [2.45, 2.75) is 12.8 Å². The Balaban J connectivity index is 2.57. The third-order valence-electron chi connectivity index (χ3n) is 2.25. The molecule has 0 atom stereocenters. The van der Waals surface area contributed by atoms with Gasteiger partial charge in [-0.2, -0.15) is 0 Å². The molecule has 0 fully saturated rings. The Hall–Kier alpha value is -1.44. The molecule has 0 unspecified atom stereocenters. The molecule has 0 radical (unpaired) electrons. The van der Waals surface area contributed by atoms with E-state index < -0.39 is 0 Å². The van der Waals surface area contributed by atoms with Crippen molar-refractivity contribution < 1.29 is 0 Å². The SMILES string of the molecule is NC1=Cc2cccc(N)c2CC1. The van der Waals surface area contributed by atoms with Crippen molar-refractivity contribution in [2.75, 3.05) is 5.73 Å². The fraction of sp³-hybridized carbons (Fsp3) is 0.200. The first-order valence-corrected chi connectivity index (χ1v) is 4.11. The average Bonchev–Trinajstić information content (AvgIpc) is 2.04. The van der Waals surface area contributed by atoms with Gasteiger partial charge in [0.05, 0.1) is 0 Å². The molecule has 12 heavy (non-hydrogen) atoms. The number of nitrogens with two attached hydrogens (primary N) is 2. The van der Waals surface area contributed by atoms with Gasteiger partial charge in [0.2, 0.25) is 0 Å². The van der Waals surface area contributed by atoms with Gasteiger partial charge in [0.25, 0.3) is 0 Å². The van der Waals surface area contributed by atoms with E-state index in [0.29, 0.717) is 0 Å². The predicted molar refractivity (Wildman–Crippen MR) is 51.3 cm³/mol. The van der Waals surface area contributed by atoms with Crippen LogP contribution in [-0.4, -0.2) is 0 Å². The minimum Gasteiger partial charge on any atom is -0.402 e. The lowest BCUT2D eigenvalue weighted by molar-refractivity contribution is 0.916. The predicted octanol–water partition coefficient (Wildman–Crippen LogP) is 1.51. The summed E-state index contributed by atoms with van der Waals surface area (Å²) >= 11 is 0. The van der Waals surface area contributed by atoms with Crippen LogP contribution >= 0.6 is 0 Å². The molecule has 0 amide bonds. The first-order chi connectivity index (χ1) is 5.77. The first-order valence-electron chi connectivity index (χ1n) is 4.11. The zero-order valence-electron chi connectivity index (χ0n) is 6.88. The van der Waals surface area contributed by atoms with Crippen LogP contribution in [0.3, 0.4) is 0 Å². The summed E-state index contributed by atoms with van der Waals surface area (Å²) in [5, 5.41) is 0. The second-order valence-electron chi connectivity index (χ2n) is 3.13. The highest BCUT2D eigenvalue weighted by Crippen LogP contribution is 2.25. The Morgan fingerprint density at radius 1 is 1.08 bits per heavy atom. The lowest BCUT2D eigenvalue weighted by atomic mass is 9.94. The zero-order valence-corrected chi connectivity index (χ0v) is 6.88. The van der Waals surface area contributed by atoms with Crippen molar-refractivity contribution in [1.82, 2.24) is 0 Å². The maximum atomic E-state index is 5.82. The van der Waals surface area contributed by atoms with E-state index >= 15 is 0 Å². The van der Waals surface area contributed by atoms with E-state index in [1.165, 1.54) is 11.1 Å². The van der Waals surface area contributed by atoms with Gasteiger partial charge in [-0.1, -0.05) is 12.1 Å². The normalized spacial score (nSPS) is 15.2. The van der Waals surface area contributed by atoms with E-state index in [0.717, 1.165) is 24.2 Å². The molecule has 0 spiro atoms. The lowest BCUT2D eigenvalue weighted by Gasteiger charge is -2.15. The van der Waals surface area contributed by atoms with Gasteiger partial charge in [0, 0.05) is 11.4 Å². The third-order valence-corrected chi connectivity index (χ3v) is 2.25. The van der Waals surface area contributed by atoms with Gasteiger partial charge in [-0.05, 0) is 36.1 Å². The number of hydrogen-bond acceptors (Lipinski definition) is 2. The minimum atomic E-state index is 0.885. The summed E-state index contributed by atoms with van der Waals surface area (Å²) in [5.74, 6) is 0. The fourth-order valence-electron chi connectivity index (χ4n) is 1.59. The van der Waals surface area contributed by atoms with Crippen LogP contribution in [-0.2, 0) is 6.42 Å². The number of allylic oxidation sites excluding steroid dienone is 1. The van der Waals surface area contributed by atoms with Gasteiger partial charge in [0.15, 0.2) is 0 Å². The molecule has 1 aliphatic rings. The molecule has 0 aromatic heterocycles. The molecule has 2 nitrogen and oxygen atoms in total. The van der Waals surface area contributed by atoms with Crippen LogP contribution in [0, 0.1) is 0 Å². The van der Waals surface area contributed by atoms with Crippen molar-refractivity contribution in [2.24, 2.45) is 5.73 Å². The molecule has 2 heteroatoms. The van der Waals surface area contributed by atoms with Crippen molar-refractivity contribution in [3.05, 3.63) is 35.0 Å². The Bertz CT molecular complexity index is 340. The summed E-state index contributed by atoms with van der Waals surface area (Å²) in [6, 6.07) is 5.95. The standard InChI is InChI=1S/C10H12N2/c11-8-4-5-9-7(6-8)2-1-3-10(9)12/h1-3,6H,4-5,11-12H2. The van der Waals surface area contributed by atoms with Crippen molar-refractivity contribution >= 4 is 11.8 Å². The number of hydrogen-bond donors (Lipinski definition) is 2. The Morgan fingerprint density at radius 2 is 1.92 bits per heavy atom. The highest BCUT2D eigenvalue weighted by Gasteiger charge is 2.09. The van der Waals surface area contributed by atoms with E-state index in [1.807, 2.05) is 18.2 Å². The lowest BCUT2D eigenvalue weighted by Crippen LogP contribution is -2.07. The quantitative estimate of drug-likeness (QED) is 0.565. The largest absolute Gasteiger partial charge is 0.402 e. The molecular formula is C10H12N2. The summed E-state index contributed by atoms with van der Waals surface area (Å²) in [6.07, 6.45) is 3.92. The summed E-state index contributed by atoms with van der Waals surface area (Å²) < 4.78 is 0. The van der Waals surface area contributed by atoms with Gasteiger partial charge < -0.3 is 11.5 Å². The Labute approximate surface area is 71.9 Å². The van der Waals surface area contributed by atoms with Crippen LogP contribution in [0.2, 0.25) is 0 Å². The van der Waals surface area contributed by atoms with E-state index in [9.17, 15) is 0 Å². The molecule has 1 aliphatic carbocycles. The molecule has 2 rings (SSSR count). The van der Waals surface area contributed by atoms with Crippen molar-refractivity contribution in [1.29, 1.82) is 0 Å². The van der Waals surface area contributed by atoms with Crippen LogP contribution in [0.25, 0.3) is 6.08 Å². The summed E-state index contributed by atoms with van der Waals surface area (Å²) in [5.41, 5.74) is 15.8. The smallest absolute Gasteiger partial charge is 0.0352 e. The number of benzene rings is 1. The second kappa shape index (κ2) is 2.55. The molecular weight excluding hydrogens is 148 g/mol. The number of rotatable bonds is 0. The molecule has 0 saturated carbocycles. The molecule has 0 aliphatic heterocycles. The van der Waals surface area contributed by atoms with Crippen LogP contribution in [0.5, 0.6) is 0 Å². The van der Waals surface area contributed by atoms with Gasteiger partial charge >= 0.3 is 0 Å². The Kier molecular flexibility index (Phi) is 1.54. The molecule has 0 saturated heterocycles. The first kappa shape index (κ1) is 7.22. The molecule has 1 aromatic rings. The molecule has 1 aromatic carbocycles. The van der Waals surface area contributed by atoms with Gasteiger partial charge in [0.1, 0.15) is 0 Å². The monoisotopic (exact) mass is 160 g/mol. The second-order valence-corrected chi connectivity index (χ2v) is 3.13. The van der Waals surface area contributed by atoms with Crippen LogP contribution in [0.1, 0.15) is 17.5 Å². The average molecular weight is 160 g/mol. The molecule has 4 N–H and O–H groups in total. The Morgan fingerprint density at radius 3 is 2.75 bits per heavy atom. The van der Waals surface area contributed by atoms with Crippen LogP contribution in [0.15, 0.2) is 23.9 Å². The third kappa shape index (κ3) is 1.05. The van der Waals surface area contributed by atoms with Gasteiger partial charge in [-0.15, -0.1) is 0 Å². The van der Waals surface area contributed by atoms with Crippen LogP contribution < -0.4 is 11.5 Å². The number of nitrogen functional groups attached to an aromatic ring is 1. The summed E-state index contributed by atoms with van der Waals surface area (Å²) in [6.45, 7) is 0. The van der Waals surface area contributed by atoms with E-state index in [4.69, 9.17) is 11.5 Å². The highest BCUT2D eigenvalue weighted by atomic mass is 14.6. The summed E-state index contributed by atoms with van der Waals surface area (Å²) in [7, 11) is 0. The van der Waals surface area contributed by atoms with Crippen LogP contribution in [0.4, 0.5) is 5.69 Å². The maximum Gasteiger partial charge on any atom is 0.0352 e. The topological polar surface area (TPSA) is 52.0 Å². The minimum absolute atomic E-state index is 0.885. The zero-order chi connectivity index (χ0) is 8.55. The van der Waals surface area contributed by atoms with Crippen molar-refractivity contribution in [3.8, 4) is 0 Å². The number of anilines is 1. The van der Waals surface area contributed by atoms with E-state index in [1.54, 1.807) is 0 Å². The van der Waals surface area contributed by atoms with E-state index in [-0.39, 0.29) is 0 Å². The highest BCUT2D eigenvalue weighted by molar-refractivity contribution is 5.66.